The minimum atomic E-state index is 0.699. The van der Waals surface area contributed by atoms with Gasteiger partial charge in [0.05, 0.1) is 0 Å². The van der Waals surface area contributed by atoms with Crippen molar-refractivity contribution in [2.45, 2.75) is 51.2 Å². The van der Waals surface area contributed by atoms with Crippen molar-refractivity contribution in [3.8, 4) is 0 Å². The van der Waals surface area contributed by atoms with Gasteiger partial charge in [0.2, 0.25) is 0 Å². The van der Waals surface area contributed by atoms with Gasteiger partial charge >= 0.3 is 0 Å². The Bertz CT molecular complexity index is 1020. The lowest BCUT2D eigenvalue weighted by atomic mass is 9.71. The van der Waals surface area contributed by atoms with Gasteiger partial charge in [0.15, 0.2) is 0 Å². The predicted molar refractivity (Wildman–Crippen MR) is 143 cm³/mol. The highest BCUT2D eigenvalue weighted by molar-refractivity contribution is 6.30. The standard InChI is InChI=1S/C30H34Cl2N2/c31-29-7-3-5-24(17-29)20-34(21-25-6-4-8-30(32)18-25)22-26-15-28(16-26)27-11-9-23(10-12-27)19-33-13-1-2-14-33/h3-12,17-18,26,28H,1-2,13-16,19-22H2. The molecule has 0 N–H and O–H groups in total. The molecule has 1 saturated carbocycles. The molecule has 2 nitrogen and oxygen atoms in total. The zero-order valence-corrected chi connectivity index (χ0v) is 21.3. The summed E-state index contributed by atoms with van der Waals surface area (Å²) in [5, 5.41) is 1.61. The molecule has 4 heteroatoms. The summed E-state index contributed by atoms with van der Waals surface area (Å²) in [5.41, 5.74) is 5.49. The predicted octanol–water partition coefficient (Wildman–Crippen LogP) is 7.79. The Morgan fingerprint density at radius 2 is 1.32 bits per heavy atom. The van der Waals surface area contributed by atoms with Gasteiger partial charge in [-0.15, -0.1) is 0 Å². The van der Waals surface area contributed by atoms with Gasteiger partial charge in [-0.3, -0.25) is 9.80 Å². The molecule has 0 amide bonds. The Labute approximate surface area is 214 Å². The minimum absolute atomic E-state index is 0.699. The summed E-state index contributed by atoms with van der Waals surface area (Å²) in [4.78, 5) is 5.13. The molecule has 3 aromatic rings. The second kappa shape index (κ2) is 11.3. The van der Waals surface area contributed by atoms with Crippen LogP contribution in [0.15, 0.2) is 72.8 Å². The smallest absolute Gasteiger partial charge is 0.0409 e. The Balaban J connectivity index is 1.18. The number of halogens is 2. The average Bonchev–Trinajstić information content (AvgIpc) is 3.30. The highest BCUT2D eigenvalue weighted by atomic mass is 35.5. The van der Waals surface area contributed by atoms with Crippen molar-refractivity contribution >= 4 is 23.2 Å². The average molecular weight is 494 g/mol. The van der Waals surface area contributed by atoms with E-state index >= 15 is 0 Å². The molecular weight excluding hydrogens is 459 g/mol. The molecule has 1 heterocycles. The molecule has 2 aliphatic rings. The fourth-order valence-electron chi connectivity index (χ4n) is 5.59. The summed E-state index contributed by atoms with van der Waals surface area (Å²) >= 11 is 12.5. The molecule has 0 spiro atoms. The molecule has 0 radical (unpaired) electrons. The van der Waals surface area contributed by atoms with Crippen LogP contribution in [0.1, 0.15) is 53.9 Å². The van der Waals surface area contributed by atoms with E-state index in [4.69, 9.17) is 23.2 Å². The molecule has 5 rings (SSSR count). The number of nitrogens with zero attached hydrogens (tertiary/aromatic N) is 2. The summed E-state index contributed by atoms with van der Waals surface area (Å²) in [7, 11) is 0. The van der Waals surface area contributed by atoms with Crippen LogP contribution in [0, 0.1) is 5.92 Å². The summed E-state index contributed by atoms with van der Waals surface area (Å²) in [5.74, 6) is 1.43. The number of hydrogen-bond acceptors (Lipinski definition) is 2. The van der Waals surface area contributed by atoms with Crippen molar-refractivity contribution in [3.63, 3.8) is 0 Å². The van der Waals surface area contributed by atoms with E-state index in [1.54, 1.807) is 0 Å². The Morgan fingerprint density at radius 1 is 0.735 bits per heavy atom. The first-order chi connectivity index (χ1) is 16.6. The van der Waals surface area contributed by atoms with Gasteiger partial charge in [-0.1, -0.05) is 71.7 Å². The van der Waals surface area contributed by atoms with Crippen molar-refractivity contribution < 1.29 is 0 Å². The number of hydrogen-bond donors (Lipinski definition) is 0. The molecule has 0 aromatic heterocycles. The van der Waals surface area contributed by atoms with Crippen LogP contribution in [0.2, 0.25) is 10.0 Å². The van der Waals surface area contributed by atoms with Crippen LogP contribution in [-0.2, 0) is 19.6 Å². The highest BCUT2D eigenvalue weighted by Crippen LogP contribution is 2.42. The second-order valence-corrected chi connectivity index (χ2v) is 11.1. The van der Waals surface area contributed by atoms with E-state index in [2.05, 4.69) is 58.3 Å². The van der Waals surface area contributed by atoms with Crippen LogP contribution >= 0.6 is 23.2 Å². The third kappa shape index (κ3) is 6.43. The van der Waals surface area contributed by atoms with E-state index < -0.39 is 0 Å². The molecule has 0 bridgehead atoms. The Morgan fingerprint density at radius 3 is 1.88 bits per heavy atom. The lowest BCUT2D eigenvalue weighted by molar-refractivity contribution is 0.147. The SMILES string of the molecule is Clc1cccc(CN(Cc2cccc(Cl)c2)CC2CC(c3ccc(CN4CCCC4)cc3)C2)c1. The van der Waals surface area contributed by atoms with Crippen LogP contribution in [0.5, 0.6) is 0 Å². The summed E-state index contributed by atoms with van der Waals surface area (Å²) in [6, 6.07) is 25.9. The quantitative estimate of drug-likeness (QED) is 0.300. The van der Waals surface area contributed by atoms with Crippen LogP contribution in [0.3, 0.4) is 0 Å². The van der Waals surface area contributed by atoms with Gasteiger partial charge in [-0.25, -0.2) is 0 Å². The second-order valence-electron chi connectivity index (χ2n) is 10.2. The number of rotatable bonds is 9. The van der Waals surface area contributed by atoms with E-state index in [1.807, 2.05) is 24.3 Å². The molecular formula is C30H34Cl2N2. The van der Waals surface area contributed by atoms with Crippen molar-refractivity contribution in [1.29, 1.82) is 0 Å². The lowest BCUT2D eigenvalue weighted by Gasteiger charge is -2.39. The zero-order valence-electron chi connectivity index (χ0n) is 19.8. The van der Waals surface area contributed by atoms with E-state index in [0.29, 0.717) is 5.92 Å². The molecule has 0 unspecified atom stereocenters. The first-order valence-electron chi connectivity index (χ1n) is 12.6. The zero-order chi connectivity index (χ0) is 23.3. The molecule has 2 fully saturated rings. The Hall–Kier alpha value is -1.84. The lowest BCUT2D eigenvalue weighted by Crippen LogP contribution is -2.35. The maximum Gasteiger partial charge on any atom is 0.0409 e. The summed E-state index contributed by atoms with van der Waals surface area (Å²) in [6.07, 6.45) is 5.25. The van der Waals surface area contributed by atoms with Gasteiger partial charge in [0, 0.05) is 36.2 Å². The van der Waals surface area contributed by atoms with Crippen molar-refractivity contribution in [1.82, 2.24) is 9.80 Å². The van der Waals surface area contributed by atoms with E-state index in [0.717, 1.165) is 42.1 Å². The maximum atomic E-state index is 6.26. The minimum Gasteiger partial charge on any atom is -0.299 e. The van der Waals surface area contributed by atoms with Gasteiger partial charge in [-0.2, -0.15) is 0 Å². The van der Waals surface area contributed by atoms with E-state index in [1.165, 1.54) is 61.0 Å². The maximum absolute atomic E-state index is 6.26. The molecule has 178 valence electrons. The van der Waals surface area contributed by atoms with Crippen LogP contribution in [0.4, 0.5) is 0 Å². The van der Waals surface area contributed by atoms with Crippen LogP contribution in [-0.4, -0.2) is 29.4 Å². The molecule has 0 atom stereocenters. The Kier molecular flexibility index (Phi) is 7.91. The van der Waals surface area contributed by atoms with Gasteiger partial charge < -0.3 is 0 Å². The van der Waals surface area contributed by atoms with E-state index in [-0.39, 0.29) is 0 Å². The topological polar surface area (TPSA) is 6.48 Å². The fourth-order valence-corrected chi connectivity index (χ4v) is 6.01. The van der Waals surface area contributed by atoms with E-state index in [9.17, 15) is 0 Å². The summed E-state index contributed by atoms with van der Waals surface area (Å²) < 4.78 is 0. The highest BCUT2D eigenvalue weighted by Gasteiger charge is 2.31. The molecule has 1 aliphatic carbocycles. The normalized spacial score (nSPS) is 20.6. The third-order valence-electron chi connectivity index (χ3n) is 7.40. The molecule has 3 aromatic carbocycles. The molecule has 1 saturated heterocycles. The van der Waals surface area contributed by atoms with Crippen LogP contribution in [0.25, 0.3) is 0 Å². The largest absolute Gasteiger partial charge is 0.299 e. The van der Waals surface area contributed by atoms with Gasteiger partial charge in [-0.05, 0) is 97.1 Å². The molecule has 34 heavy (non-hydrogen) atoms. The van der Waals surface area contributed by atoms with Crippen molar-refractivity contribution in [2.75, 3.05) is 19.6 Å². The fraction of sp³-hybridized carbons (Fsp3) is 0.400. The first-order valence-corrected chi connectivity index (χ1v) is 13.4. The van der Waals surface area contributed by atoms with Gasteiger partial charge in [0.25, 0.3) is 0 Å². The van der Waals surface area contributed by atoms with Gasteiger partial charge in [0.1, 0.15) is 0 Å². The number of likely N-dealkylation sites (tertiary alicyclic amines) is 1. The van der Waals surface area contributed by atoms with Crippen LogP contribution < -0.4 is 0 Å². The van der Waals surface area contributed by atoms with Crippen molar-refractivity contribution in [3.05, 3.63) is 105 Å². The monoisotopic (exact) mass is 492 g/mol. The first kappa shape index (κ1) is 23.9. The number of benzene rings is 3. The third-order valence-corrected chi connectivity index (χ3v) is 7.87. The molecule has 1 aliphatic heterocycles. The van der Waals surface area contributed by atoms with Crippen molar-refractivity contribution in [2.24, 2.45) is 5.92 Å². The summed E-state index contributed by atoms with van der Waals surface area (Å²) in [6.45, 7) is 6.52.